The van der Waals surface area contributed by atoms with Gasteiger partial charge in [0.15, 0.2) is 5.76 Å². The molecule has 1 aliphatic carbocycles. The highest BCUT2D eigenvalue weighted by molar-refractivity contribution is 7.89. The van der Waals surface area contributed by atoms with Crippen LogP contribution in [0.3, 0.4) is 0 Å². The van der Waals surface area contributed by atoms with Gasteiger partial charge in [0.1, 0.15) is 11.7 Å². The van der Waals surface area contributed by atoms with Crippen molar-refractivity contribution in [3.8, 4) is 0 Å². The van der Waals surface area contributed by atoms with Gasteiger partial charge < -0.3 is 19.0 Å². The van der Waals surface area contributed by atoms with Crippen LogP contribution in [0.5, 0.6) is 0 Å². The first-order valence-corrected chi connectivity index (χ1v) is 12.1. The molecule has 3 heterocycles. The van der Waals surface area contributed by atoms with Crippen molar-refractivity contribution >= 4 is 32.8 Å². The number of nitrogens with one attached hydrogen (secondary N) is 1. The van der Waals surface area contributed by atoms with Crippen molar-refractivity contribution in [3.05, 3.63) is 30.0 Å². The van der Waals surface area contributed by atoms with Crippen LogP contribution in [0.25, 0.3) is 11.0 Å². The lowest BCUT2D eigenvalue weighted by Crippen LogP contribution is -2.52. The predicted octanol–water partition coefficient (Wildman–Crippen LogP) is 1.34. The Labute approximate surface area is 180 Å². The number of rotatable bonds is 5. The topological polar surface area (TPSA) is 109 Å². The molecule has 2 amide bonds. The Morgan fingerprint density at radius 3 is 2.42 bits per heavy atom. The molecule has 0 bridgehead atoms. The molecule has 3 aliphatic rings. The number of benzene rings is 1. The molecule has 0 radical (unpaired) electrons. The van der Waals surface area contributed by atoms with Gasteiger partial charge in [-0.2, -0.15) is 0 Å². The van der Waals surface area contributed by atoms with E-state index in [1.807, 2.05) is 0 Å². The van der Waals surface area contributed by atoms with Crippen LogP contribution in [0.2, 0.25) is 0 Å². The van der Waals surface area contributed by atoms with Crippen molar-refractivity contribution in [2.75, 3.05) is 32.8 Å². The van der Waals surface area contributed by atoms with Gasteiger partial charge in [-0.15, -0.1) is 0 Å². The van der Waals surface area contributed by atoms with Crippen LogP contribution in [-0.4, -0.2) is 75.0 Å². The lowest BCUT2D eigenvalue weighted by molar-refractivity contribution is -0.142. The van der Waals surface area contributed by atoms with Crippen LogP contribution < -0.4 is 4.72 Å². The third kappa shape index (κ3) is 4.19. The molecule has 2 aliphatic heterocycles. The van der Waals surface area contributed by atoms with E-state index in [9.17, 15) is 18.0 Å². The van der Waals surface area contributed by atoms with E-state index in [0.29, 0.717) is 43.8 Å². The van der Waals surface area contributed by atoms with E-state index in [1.165, 1.54) is 12.1 Å². The summed E-state index contributed by atoms with van der Waals surface area (Å²) in [6.45, 7) is 2.37. The van der Waals surface area contributed by atoms with E-state index in [4.69, 9.17) is 9.15 Å². The Morgan fingerprint density at radius 1 is 1.00 bits per heavy atom. The zero-order chi connectivity index (χ0) is 21.6. The Morgan fingerprint density at radius 2 is 1.74 bits per heavy atom. The summed E-state index contributed by atoms with van der Waals surface area (Å²) in [6.07, 6.45) is 3.03. The predicted molar refractivity (Wildman–Crippen MR) is 111 cm³/mol. The van der Waals surface area contributed by atoms with Crippen molar-refractivity contribution in [1.29, 1.82) is 0 Å². The maximum atomic E-state index is 12.9. The molecular formula is C21H25N3O6S. The second-order valence-electron chi connectivity index (χ2n) is 8.32. The maximum absolute atomic E-state index is 12.9. The molecular weight excluding hydrogens is 422 g/mol. The Balaban J connectivity index is 1.26. The van der Waals surface area contributed by atoms with Crippen molar-refractivity contribution in [2.24, 2.45) is 0 Å². The van der Waals surface area contributed by atoms with Gasteiger partial charge in [0.2, 0.25) is 10.0 Å². The first-order valence-electron chi connectivity index (χ1n) is 10.7. The summed E-state index contributed by atoms with van der Waals surface area (Å²) in [7, 11) is -3.58. The van der Waals surface area contributed by atoms with E-state index in [-0.39, 0.29) is 34.6 Å². The average Bonchev–Trinajstić information content (AvgIpc) is 3.25. The van der Waals surface area contributed by atoms with Gasteiger partial charge in [0.05, 0.1) is 4.90 Å². The Hall–Kier alpha value is -2.43. The van der Waals surface area contributed by atoms with Gasteiger partial charge in [0.25, 0.3) is 11.8 Å². The summed E-state index contributed by atoms with van der Waals surface area (Å²) in [5.74, 6) is -0.0959. The molecule has 1 unspecified atom stereocenters. The number of carbonyl (C=O) groups excluding carboxylic acids is 2. The minimum absolute atomic E-state index is 0.00174. The van der Waals surface area contributed by atoms with Crippen molar-refractivity contribution < 1.29 is 27.2 Å². The zero-order valence-electron chi connectivity index (χ0n) is 17.1. The lowest BCUT2D eigenvalue weighted by atomic mass is 10.2. The van der Waals surface area contributed by atoms with E-state index in [1.54, 1.807) is 21.9 Å². The Bertz CT molecular complexity index is 1110. The van der Waals surface area contributed by atoms with E-state index < -0.39 is 10.0 Å². The standard InChI is InChI=1S/C21H25N3O6S/c25-20(18-2-1-11-29-18)23-7-9-24(10-8-23)21(26)19-13-14-12-16(5-6-17(14)30-19)31(27,28)22-15-3-4-15/h5-6,12-13,15,18,22H,1-4,7-11H2. The molecule has 0 spiro atoms. The molecule has 1 atom stereocenters. The van der Waals surface area contributed by atoms with Crippen LogP contribution in [-0.2, 0) is 19.6 Å². The molecule has 2 saturated heterocycles. The number of fused-ring (bicyclic) bond motifs is 1. The fraction of sp³-hybridized carbons (Fsp3) is 0.524. The highest BCUT2D eigenvalue weighted by Crippen LogP contribution is 2.26. The summed E-state index contributed by atoms with van der Waals surface area (Å²) in [6, 6.07) is 6.19. The van der Waals surface area contributed by atoms with Crippen molar-refractivity contribution in [1.82, 2.24) is 14.5 Å². The first kappa shape index (κ1) is 20.5. The summed E-state index contributed by atoms with van der Waals surface area (Å²) >= 11 is 0. The normalized spacial score (nSPS) is 22.3. The third-order valence-electron chi connectivity index (χ3n) is 5.99. The number of piperazine rings is 1. The first-order chi connectivity index (χ1) is 14.9. The van der Waals surface area contributed by atoms with Gasteiger partial charge in [-0.05, 0) is 49.9 Å². The summed E-state index contributed by atoms with van der Waals surface area (Å²) in [5, 5.41) is 0.564. The summed E-state index contributed by atoms with van der Waals surface area (Å²) < 4.78 is 38.7. The van der Waals surface area contributed by atoms with Crippen LogP contribution >= 0.6 is 0 Å². The number of amides is 2. The summed E-state index contributed by atoms with van der Waals surface area (Å²) in [5.41, 5.74) is 0.459. The molecule has 1 aromatic heterocycles. The highest BCUT2D eigenvalue weighted by Gasteiger charge is 2.32. The van der Waals surface area contributed by atoms with Crippen LogP contribution in [0.1, 0.15) is 36.2 Å². The number of ether oxygens (including phenoxy) is 1. The molecule has 5 rings (SSSR count). The molecule has 1 aromatic carbocycles. The van der Waals surface area contributed by atoms with Crippen LogP contribution in [0.15, 0.2) is 33.6 Å². The maximum Gasteiger partial charge on any atom is 0.289 e. The number of furan rings is 1. The molecule has 1 N–H and O–H groups in total. The smallest absolute Gasteiger partial charge is 0.289 e. The van der Waals surface area contributed by atoms with Gasteiger partial charge in [-0.3, -0.25) is 9.59 Å². The second kappa shape index (κ2) is 7.92. The van der Waals surface area contributed by atoms with E-state index in [2.05, 4.69) is 4.72 Å². The molecule has 31 heavy (non-hydrogen) atoms. The van der Waals surface area contributed by atoms with Crippen LogP contribution in [0, 0.1) is 0 Å². The molecule has 9 nitrogen and oxygen atoms in total. The largest absolute Gasteiger partial charge is 0.451 e. The average molecular weight is 448 g/mol. The molecule has 1 saturated carbocycles. The number of sulfonamides is 1. The molecule has 166 valence electrons. The molecule has 3 fully saturated rings. The van der Waals surface area contributed by atoms with Crippen molar-refractivity contribution in [3.63, 3.8) is 0 Å². The minimum atomic E-state index is -3.58. The highest BCUT2D eigenvalue weighted by atomic mass is 32.2. The molecule has 10 heteroatoms. The van der Waals surface area contributed by atoms with Gasteiger partial charge in [-0.25, -0.2) is 13.1 Å². The SMILES string of the molecule is O=C(c1cc2cc(S(=O)(=O)NC3CC3)ccc2o1)N1CCN(C(=O)C2CCCO2)CC1. The van der Waals surface area contributed by atoms with Crippen molar-refractivity contribution in [2.45, 2.75) is 42.7 Å². The lowest BCUT2D eigenvalue weighted by Gasteiger charge is -2.35. The third-order valence-corrected chi connectivity index (χ3v) is 7.51. The number of hydrogen-bond donors (Lipinski definition) is 1. The fourth-order valence-corrected chi connectivity index (χ4v) is 5.38. The van der Waals surface area contributed by atoms with Gasteiger partial charge in [0, 0.05) is 44.2 Å². The van der Waals surface area contributed by atoms with E-state index >= 15 is 0 Å². The quantitative estimate of drug-likeness (QED) is 0.741. The van der Waals surface area contributed by atoms with E-state index in [0.717, 1.165) is 25.7 Å². The molecule has 2 aromatic rings. The zero-order valence-corrected chi connectivity index (χ0v) is 17.9. The van der Waals surface area contributed by atoms with Gasteiger partial charge >= 0.3 is 0 Å². The monoisotopic (exact) mass is 447 g/mol. The number of carbonyl (C=O) groups is 2. The fourth-order valence-electron chi connectivity index (χ4n) is 4.04. The van der Waals surface area contributed by atoms with Crippen LogP contribution in [0.4, 0.5) is 0 Å². The minimum Gasteiger partial charge on any atom is -0.451 e. The van der Waals surface area contributed by atoms with Gasteiger partial charge in [-0.1, -0.05) is 0 Å². The second-order valence-corrected chi connectivity index (χ2v) is 10.0. The summed E-state index contributed by atoms with van der Waals surface area (Å²) in [4.78, 5) is 29.0. The number of hydrogen-bond acceptors (Lipinski definition) is 6. The Kier molecular flexibility index (Phi) is 5.23. The number of nitrogens with zero attached hydrogens (tertiary/aromatic N) is 2.